The summed E-state index contributed by atoms with van der Waals surface area (Å²) in [7, 11) is 3.75. The van der Waals surface area contributed by atoms with Crippen molar-refractivity contribution in [2.24, 2.45) is 17.3 Å². The molecule has 6 bridgehead atoms. The molecule has 3 saturated heterocycles. The van der Waals surface area contributed by atoms with Gasteiger partial charge in [0.25, 0.3) is 0 Å². The number of urea groups is 1. The van der Waals surface area contributed by atoms with E-state index in [9.17, 15) is 24.0 Å². The number of nitrogens with zero attached hydrogens (tertiary/aromatic N) is 8. The zero-order valence-corrected chi connectivity index (χ0v) is 44.6. The van der Waals surface area contributed by atoms with Crippen LogP contribution in [0.3, 0.4) is 0 Å². The molecule has 6 atom stereocenters. The molecular formula is C52H71N9O7SSi. The SMILES string of the molecule is C=CC(=O)N(C)[C@@H]1CCCN(C(=O)N(C)[C@H](C(=O)N2CC2C2Cc3nc(cs3)-c3ccc4c(c3)c(c(-c3cccnc3[C@H](C)OC)n4CC)CC(C)(C)COC(=O)[C@@H]3CCCN(N[SiH2]3)C2=O)C(C)C)C1. The summed E-state index contributed by atoms with van der Waals surface area (Å²) < 4.78 is 14.4. The highest BCUT2D eigenvalue weighted by Crippen LogP contribution is 2.43. The number of cyclic esters (lactones) is 1. The summed E-state index contributed by atoms with van der Waals surface area (Å²) in [5, 5.41) is 9.07. The van der Waals surface area contributed by atoms with E-state index in [1.807, 2.05) is 26.8 Å². The van der Waals surface area contributed by atoms with Crippen molar-refractivity contribution >= 4 is 61.6 Å². The minimum Gasteiger partial charge on any atom is -0.465 e. The first-order valence-electron chi connectivity index (χ1n) is 25.0. The van der Waals surface area contributed by atoms with E-state index in [-0.39, 0.29) is 59.9 Å². The summed E-state index contributed by atoms with van der Waals surface area (Å²) in [6, 6.07) is 8.96. The molecule has 0 radical (unpaired) electrons. The number of hydrogen-bond donors (Lipinski definition) is 1. The smallest absolute Gasteiger partial charge is 0.320 e. The number of thiazole rings is 1. The quantitative estimate of drug-likeness (QED) is 0.0835. The number of piperidine rings is 1. The Bertz CT molecular complexity index is 2630. The van der Waals surface area contributed by atoms with Gasteiger partial charge in [0.2, 0.25) is 17.7 Å². The number of likely N-dealkylation sites (tertiary alicyclic amines) is 1. The molecule has 16 nitrogen and oxygen atoms in total. The number of esters is 1. The number of pyridine rings is 1. The number of hydrazine groups is 1. The molecule has 0 saturated carbocycles. The molecule has 1 N–H and O–H groups in total. The Morgan fingerprint density at radius 3 is 2.60 bits per heavy atom. The standard InChI is InChI=1S/C52H71N9O7SSi/c1-11-44(62)56(8)34-16-14-22-58(27-34)51(66)57(9)46(31(3)4)49(64)60-28-41(60)37-25-43-54-39(29-69-43)33-19-20-40-36(24-33)38(47(59(40)12-2)35-17-13-21-53-45(35)32(5)67-10)26-52(6,7)30-68-50(65)42-18-15-23-61(48(37)63)55-70-42/h11,13,17,19-21,24,29,31-32,34,37,41-42,46,55H,1,12,14-16,18,22-23,25-28,30,70H2,2-10H3/t32-,34+,37?,41?,42-,46-,60?/m0/s1. The van der Waals surface area contributed by atoms with E-state index in [4.69, 9.17) is 19.4 Å². The fraction of sp³-hybridized carbons (Fsp3) is 0.558. The number of nitrogens with one attached hydrogen (secondary N) is 1. The van der Waals surface area contributed by atoms with Crippen molar-refractivity contribution in [3.63, 3.8) is 0 Å². The molecule has 3 fully saturated rings. The Kier molecular flexibility index (Phi) is 15.4. The van der Waals surface area contributed by atoms with Crippen molar-refractivity contribution in [1.82, 2.24) is 44.2 Å². The second-order valence-corrected chi connectivity index (χ2v) is 23.4. The van der Waals surface area contributed by atoms with E-state index >= 15 is 0 Å². The van der Waals surface area contributed by atoms with Gasteiger partial charge in [-0.2, -0.15) is 0 Å². The Morgan fingerprint density at radius 1 is 1.10 bits per heavy atom. The number of carbonyl (C=O) groups excluding carboxylic acids is 5. The maximum atomic E-state index is 14.9. The van der Waals surface area contributed by atoms with Gasteiger partial charge in [-0.25, -0.2) is 9.78 Å². The normalized spacial score (nSPS) is 23.1. The zero-order chi connectivity index (χ0) is 50.2. The minimum absolute atomic E-state index is 0.127. The van der Waals surface area contributed by atoms with E-state index in [1.54, 1.807) is 52.0 Å². The van der Waals surface area contributed by atoms with E-state index in [0.717, 1.165) is 62.5 Å². The summed E-state index contributed by atoms with van der Waals surface area (Å²) in [4.78, 5) is 86.9. The number of aromatic nitrogens is 3. The lowest BCUT2D eigenvalue weighted by molar-refractivity contribution is -0.146. The average Bonchev–Trinajstić information content (AvgIpc) is 4.01. The van der Waals surface area contributed by atoms with Crippen LogP contribution in [0, 0.1) is 17.3 Å². The van der Waals surface area contributed by atoms with Gasteiger partial charge in [-0.3, -0.25) is 34.3 Å². The molecule has 8 rings (SSSR count). The molecule has 0 aliphatic carbocycles. The summed E-state index contributed by atoms with van der Waals surface area (Å²) in [5.41, 5.74) is 6.11. The molecule has 1 aromatic carbocycles. The minimum atomic E-state index is -1.35. The number of methoxy groups -OCH3 is 1. The number of hydrogen-bond acceptors (Lipinski definition) is 11. The Hall–Kier alpha value is -5.43. The number of rotatable bonds is 10. The topological polar surface area (TPSA) is 163 Å². The van der Waals surface area contributed by atoms with E-state index in [0.29, 0.717) is 58.4 Å². The third kappa shape index (κ3) is 10.3. The number of benzene rings is 1. The Morgan fingerprint density at radius 2 is 1.87 bits per heavy atom. The first kappa shape index (κ1) is 50.9. The van der Waals surface area contributed by atoms with Crippen molar-refractivity contribution in [2.75, 3.05) is 54.0 Å². The summed E-state index contributed by atoms with van der Waals surface area (Å²) in [6.45, 7) is 18.6. The molecule has 2 unspecified atom stereocenters. The number of ether oxygens (including phenoxy) is 2. The van der Waals surface area contributed by atoms with Gasteiger partial charge in [0.1, 0.15) is 15.7 Å². The lowest BCUT2D eigenvalue weighted by Crippen LogP contribution is -2.57. The van der Waals surface area contributed by atoms with Gasteiger partial charge in [0.05, 0.1) is 52.3 Å². The van der Waals surface area contributed by atoms with Gasteiger partial charge in [0, 0.05) is 105 Å². The van der Waals surface area contributed by atoms with Crippen LogP contribution in [-0.2, 0) is 48.0 Å². The van der Waals surface area contributed by atoms with Crippen LogP contribution in [0.1, 0.15) is 89.6 Å². The van der Waals surface area contributed by atoms with Crippen LogP contribution in [0.25, 0.3) is 33.4 Å². The van der Waals surface area contributed by atoms with Crippen molar-refractivity contribution in [3.8, 4) is 22.5 Å². The molecule has 0 spiro atoms. The Balaban J connectivity index is 1.13. The molecule has 4 aliphatic rings. The zero-order valence-electron chi connectivity index (χ0n) is 42.4. The highest BCUT2D eigenvalue weighted by Gasteiger charge is 2.52. The first-order valence-corrected chi connectivity index (χ1v) is 27.4. The van der Waals surface area contributed by atoms with Crippen LogP contribution >= 0.6 is 11.3 Å². The van der Waals surface area contributed by atoms with Gasteiger partial charge in [-0.15, -0.1) is 11.3 Å². The van der Waals surface area contributed by atoms with Crippen molar-refractivity contribution < 1.29 is 33.4 Å². The molecule has 3 aromatic heterocycles. The molecule has 7 heterocycles. The van der Waals surface area contributed by atoms with Crippen LogP contribution < -0.4 is 5.09 Å². The lowest BCUT2D eigenvalue weighted by atomic mass is 9.84. The van der Waals surface area contributed by atoms with E-state index in [1.165, 1.54) is 17.4 Å². The monoisotopic (exact) mass is 993 g/mol. The predicted octanol–water partition coefficient (Wildman–Crippen LogP) is 6.23. The van der Waals surface area contributed by atoms with Gasteiger partial charge in [-0.1, -0.05) is 40.3 Å². The molecule has 5 amide bonds. The lowest BCUT2D eigenvalue weighted by Gasteiger charge is -2.40. The fourth-order valence-electron chi connectivity index (χ4n) is 10.9. The Labute approximate surface area is 418 Å². The van der Waals surface area contributed by atoms with E-state index < -0.39 is 33.1 Å². The summed E-state index contributed by atoms with van der Waals surface area (Å²) in [5.74, 6) is -1.60. The second kappa shape index (κ2) is 21.1. The highest BCUT2D eigenvalue weighted by atomic mass is 32.1. The van der Waals surface area contributed by atoms with Crippen molar-refractivity contribution in [2.45, 2.75) is 116 Å². The highest BCUT2D eigenvalue weighted by molar-refractivity contribution is 7.10. The molecular weight excluding hydrogens is 923 g/mol. The third-order valence-corrected chi connectivity index (χ3v) is 17.6. The average molecular weight is 994 g/mol. The number of likely N-dealkylation sites (N-methyl/N-ethyl adjacent to an activating group) is 2. The predicted molar refractivity (Wildman–Crippen MR) is 274 cm³/mol. The molecule has 4 aliphatic heterocycles. The first-order chi connectivity index (χ1) is 33.5. The van der Waals surface area contributed by atoms with Gasteiger partial charge < -0.3 is 33.6 Å². The number of fused-ring (bicyclic) bond motifs is 7. The van der Waals surface area contributed by atoms with Crippen LogP contribution in [0.15, 0.2) is 54.6 Å². The van der Waals surface area contributed by atoms with Crippen LogP contribution in [-0.4, -0.2) is 151 Å². The third-order valence-electron chi connectivity index (χ3n) is 14.9. The molecule has 70 heavy (non-hydrogen) atoms. The van der Waals surface area contributed by atoms with Crippen LogP contribution in [0.4, 0.5) is 4.79 Å². The summed E-state index contributed by atoms with van der Waals surface area (Å²) >= 11 is 1.51. The fourth-order valence-corrected chi connectivity index (χ4v) is 13.3. The van der Waals surface area contributed by atoms with Gasteiger partial charge in [-0.05, 0) is 87.8 Å². The van der Waals surface area contributed by atoms with Crippen LogP contribution in [0.5, 0.6) is 0 Å². The molecule has 376 valence electrons. The summed E-state index contributed by atoms with van der Waals surface area (Å²) in [6.07, 6.45) is 6.52. The van der Waals surface area contributed by atoms with Gasteiger partial charge in [0.15, 0.2) is 0 Å². The number of amides is 5. The van der Waals surface area contributed by atoms with Crippen molar-refractivity contribution in [3.05, 3.63) is 70.8 Å². The maximum Gasteiger partial charge on any atom is 0.320 e. The largest absolute Gasteiger partial charge is 0.465 e. The number of carbonyl (C=O) groups is 5. The number of aryl methyl sites for hydroxylation is 1. The van der Waals surface area contributed by atoms with Crippen molar-refractivity contribution in [1.29, 1.82) is 0 Å². The van der Waals surface area contributed by atoms with Gasteiger partial charge >= 0.3 is 12.0 Å². The van der Waals surface area contributed by atoms with E-state index in [2.05, 4.69) is 66.7 Å². The maximum absolute atomic E-state index is 14.9. The molecule has 4 aromatic rings. The van der Waals surface area contributed by atoms with Crippen LogP contribution in [0.2, 0.25) is 5.54 Å². The second-order valence-electron chi connectivity index (χ2n) is 20.7. The molecule has 18 heteroatoms.